The number of rotatable bonds is 9. The van der Waals surface area contributed by atoms with Crippen molar-refractivity contribution in [1.82, 2.24) is 15.4 Å². The summed E-state index contributed by atoms with van der Waals surface area (Å²) in [6, 6.07) is 16.9. The van der Waals surface area contributed by atoms with Crippen molar-refractivity contribution in [2.75, 3.05) is 50.6 Å². The van der Waals surface area contributed by atoms with Gasteiger partial charge in [0.15, 0.2) is 0 Å². The summed E-state index contributed by atoms with van der Waals surface area (Å²) < 4.78 is 10.7. The maximum atomic E-state index is 13.7. The van der Waals surface area contributed by atoms with Gasteiger partial charge in [-0.1, -0.05) is 41.0 Å². The average Bonchev–Trinajstić information content (AvgIpc) is 3.43. The molecule has 1 fully saturated rings. The maximum Gasteiger partial charge on any atom is 0.294 e. The van der Waals surface area contributed by atoms with Crippen LogP contribution in [0.3, 0.4) is 0 Å². The molecule has 5 rings (SSSR count). The molecule has 1 saturated heterocycles. The fourth-order valence-corrected chi connectivity index (χ4v) is 5.39. The Morgan fingerprint density at radius 1 is 1.09 bits per heavy atom. The van der Waals surface area contributed by atoms with Crippen LogP contribution in [-0.2, 0) is 6.54 Å². The molecule has 12 nitrogen and oxygen atoms in total. The smallest absolute Gasteiger partial charge is 0.294 e. The zero-order valence-corrected chi connectivity index (χ0v) is 25.2. The number of piperazine rings is 1. The van der Waals surface area contributed by atoms with Crippen LogP contribution in [0.1, 0.15) is 32.0 Å². The molecule has 2 heterocycles. The molecule has 2 amide bonds. The molecule has 0 aliphatic carbocycles. The number of nitro benzene ring substituents is 1. The third-order valence-electron chi connectivity index (χ3n) is 7.43. The van der Waals surface area contributed by atoms with Crippen LogP contribution in [-0.4, -0.2) is 67.1 Å². The number of aryl methyl sites for hydroxylation is 1. The van der Waals surface area contributed by atoms with Crippen LogP contribution in [0.25, 0.3) is 11.3 Å². The lowest BCUT2D eigenvalue weighted by atomic mass is 10.0. The van der Waals surface area contributed by atoms with Gasteiger partial charge in [-0.15, -0.1) is 0 Å². The molecular weight excluding hydrogens is 588 g/mol. The molecular formula is C31H31ClN6O6. The molecule has 0 spiro atoms. The molecule has 1 aliphatic rings. The molecule has 44 heavy (non-hydrogen) atoms. The van der Waals surface area contributed by atoms with E-state index >= 15 is 0 Å². The molecule has 1 aromatic heterocycles. The Hall–Kier alpha value is -4.94. The maximum absolute atomic E-state index is 13.7. The van der Waals surface area contributed by atoms with E-state index in [-0.39, 0.29) is 22.3 Å². The summed E-state index contributed by atoms with van der Waals surface area (Å²) in [7, 11) is 3.39. The SMILES string of the molecule is CNCc1ccc(C(=O)Nc2cc(N3CCN(C(=O)c4c(-c5cccc(OC)c5)noc4C)CC3)c(Cl)cc2[N+](=O)[O-])cc1. The van der Waals surface area contributed by atoms with Gasteiger partial charge in [0.25, 0.3) is 17.5 Å². The third-order valence-corrected chi connectivity index (χ3v) is 7.74. The summed E-state index contributed by atoms with van der Waals surface area (Å²) in [5.74, 6) is 0.340. The fraction of sp³-hybridized carbons (Fsp3) is 0.258. The minimum atomic E-state index is -0.584. The lowest BCUT2D eigenvalue weighted by Crippen LogP contribution is -2.49. The first-order chi connectivity index (χ1) is 21.2. The molecule has 228 valence electrons. The van der Waals surface area contributed by atoms with E-state index in [0.29, 0.717) is 72.3 Å². The number of carbonyl (C=O) groups is 2. The van der Waals surface area contributed by atoms with E-state index in [1.165, 1.54) is 12.1 Å². The quantitative estimate of drug-likeness (QED) is 0.192. The van der Waals surface area contributed by atoms with Gasteiger partial charge in [-0.25, -0.2) is 0 Å². The van der Waals surface area contributed by atoms with E-state index in [2.05, 4.69) is 15.8 Å². The molecule has 0 saturated carbocycles. The van der Waals surface area contributed by atoms with Gasteiger partial charge in [0.05, 0.1) is 22.7 Å². The van der Waals surface area contributed by atoms with Crippen LogP contribution in [0.5, 0.6) is 5.75 Å². The molecule has 0 atom stereocenters. The number of halogens is 1. The van der Waals surface area contributed by atoms with Gasteiger partial charge in [0.2, 0.25) is 0 Å². The number of methoxy groups -OCH3 is 1. The largest absolute Gasteiger partial charge is 0.497 e. The van der Waals surface area contributed by atoms with Gasteiger partial charge in [0.1, 0.15) is 28.5 Å². The Morgan fingerprint density at radius 3 is 2.48 bits per heavy atom. The highest BCUT2D eigenvalue weighted by Crippen LogP contribution is 2.37. The summed E-state index contributed by atoms with van der Waals surface area (Å²) in [5, 5.41) is 21.9. The highest BCUT2D eigenvalue weighted by molar-refractivity contribution is 6.33. The molecule has 13 heteroatoms. The van der Waals surface area contributed by atoms with Crippen molar-refractivity contribution in [3.8, 4) is 17.0 Å². The van der Waals surface area contributed by atoms with Crippen molar-refractivity contribution in [1.29, 1.82) is 0 Å². The van der Waals surface area contributed by atoms with E-state index in [4.69, 9.17) is 20.9 Å². The minimum Gasteiger partial charge on any atom is -0.497 e. The summed E-state index contributed by atoms with van der Waals surface area (Å²) in [5.41, 5.74) is 3.10. The number of hydrogen-bond acceptors (Lipinski definition) is 9. The number of anilines is 2. The Bertz CT molecular complexity index is 1700. The van der Waals surface area contributed by atoms with E-state index < -0.39 is 10.8 Å². The van der Waals surface area contributed by atoms with Crippen LogP contribution in [0.4, 0.5) is 17.1 Å². The first kappa shape index (κ1) is 30.5. The summed E-state index contributed by atoms with van der Waals surface area (Å²) >= 11 is 6.52. The average molecular weight is 619 g/mol. The van der Waals surface area contributed by atoms with Crippen molar-refractivity contribution in [3.05, 3.63) is 98.3 Å². The van der Waals surface area contributed by atoms with Crippen LogP contribution < -0.4 is 20.3 Å². The van der Waals surface area contributed by atoms with Gasteiger partial charge in [-0.05, 0) is 49.9 Å². The van der Waals surface area contributed by atoms with Crippen molar-refractivity contribution >= 4 is 40.5 Å². The van der Waals surface area contributed by atoms with E-state index in [1.807, 2.05) is 36.2 Å². The number of amides is 2. The van der Waals surface area contributed by atoms with Gasteiger partial charge in [0, 0.05) is 49.9 Å². The molecule has 4 aromatic rings. The minimum absolute atomic E-state index is 0.0280. The topological polar surface area (TPSA) is 143 Å². The molecule has 2 N–H and O–H groups in total. The number of hydrogen-bond donors (Lipinski definition) is 2. The first-order valence-electron chi connectivity index (χ1n) is 13.9. The van der Waals surface area contributed by atoms with Gasteiger partial charge >= 0.3 is 0 Å². The van der Waals surface area contributed by atoms with Crippen LogP contribution in [0.2, 0.25) is 5.02 Å². The number of aromatic nitrogens is 1. The summed E-state index contributed by atoms with van der Waals surface area (Å²) in [6.07, 6.45) is 0. The van der Waals surface area contributed by atoms with E-state index in [0.717, 1.165) is 5.56 Å². The number of nitro groups is 1. The van der Waals surface area contributed by atoms with Crippen LogP contribution in [0.15, 0.2) is 65.2 Å². The van der Waals surface area contributed by atoms with E-state index in [1.54, 1.807) is 43.2 Å². The molecule has 3 aromatic carbocycles. The molecule has 0 unspecified atom stereocenters. The number of nitrogens with zero attached hydrogens (tertiary/aromatic N) is 4. The zero-order valence-electron chi connectivity index (χ0n) is 24.4. The Kier molecular flexibility index (Phi) is 9.12. The van der Waals surface area contributed by atoms with Crippen LogP contribution >= 0.6 is 11.6 Å². The number of benzene rings is 3. The lowest BCUT2D eigenvalue weighted by Gasteiger charge is -2.36. The number of carbonyl (C=O) groups excluding carboxylic acids is 2. The second-order valence-corrected chi connectivity index (χ2v) is 10.6. The molecule has 0 radical (unpaired) electrons. The van der Waals surface area contributed by atoms with Crippen LogP contribution in [0, 0.1) is 17.0 Å². The van der Waals surface area contributed by atoms with E-state index in [9.17, 15) is 19.7 Å². The fourth-order valence-electron chi connectivity index (χ4n) is 5.12. The third kappa shape index (κ3) is 6.36. The van der Waals surface area contributed by atoms with Crippen molar-refractivity contribution < 1.29 is 23.8 Å². The zero-order chi connectivity index (χ0) is 31.4. The number of ether oxygens (including phenoxy) is 1. The van der Waals surface area contributed by atoms with Gasteiger partial charge < -0.3 is 29.7 Å². The lowest BCUT2D eigenvalue weighted by molar-refractivity contribution is -0.383. The van der Waals surface area contributed by atoms with Gasteiger partial charge in [-0.2, -0.15) is 0 Å². The van der Waals surface area contributed by atoms with Crippen molar-refractivity contribution in [3.63, 3.8) is 0 Å². The highest BCUT2D eigenvalue weighted by atomic mass is 35.5. The normalized spacial score (nSPS) is 13.1. The highest BCUT2D eigenvalue weighted by Gasteiger charge is 2.30. The van der Waals surface area contributed by atoms with Gasteiger partial charge in [-0.3, -0.25) is 19.7 Å². The Labute approximate surface area is 258 Å². The Balaban J connectivity index is 1.33. The van der Waals surface area contributed by atoms with Crippen molar-refractivity contribution in [2.45, 2.75) is 13.5 Å². The van der Waals surface area contributed by atoms with Crippen molar-refractivity contribution in [2.24, 2.45) is 0 Å². The predicted molar refractivity (Wildman–Crippen MR) is 167 cm³/mol. The predicted octanol–water partition coefficient (Wildman–Crippen LogP) is 5.15. The summed E-state index contributed by atoms with van der Waals surface area (Å²) in [6.45, 7) is 3.87. The number of nitrogens with one attached hydrogen (secondary N) is 2. The second kappa shape index (κ2) is 13.1. The molecule has 0 bridgehead atoms. The second-order valence-electron chi connectivity index (χ2n) is 10.2. The summed E-state index contributed by atoms with van der Waals surface area (Å²) in [4.78, 5) is 41.5. The first-order valence-corrected chi connectivity index (χ1v) is 14.3. The molecule has 1 aliphatic heterocycles. The standard InChI is InChI=1S/C31H31ClN6O6/c1-19-28(29(35-44-19)22-5-4-6-23(15-22)43-3)31(40)37-13-11-36(12-14-37)26-17-25(27(38(41)42)16-24(26)32)34-30(39)21-9-7-20(8-10-21)18-33-2/h4-10,15-17,33H,11-14,18H2,1-3H3,(H,34,39). The monoisotopic (exact) mass is 618 g/mol. The Morgan fingerprint density at radius 2 is 1.82 bits per heavy atom.